The Morgan fingerprint density at radius 1 is 1.06 bits per heavy atom. The summed E-state index contributed by atoms with van der Waals surface area (Å²) in [6.45, 7) is 1.34. The number of ether oxygens (including phenoxy) is 1. The molecule has 1 aliphatic rings. The van der Waals surface area contributed by atoms with Gasteiger partial charge >= 0.3 is 0 Å². The Kier molecular flexibility index (Phi) is 6.80. The normalized spacial score (nSPS) is 16.2. The first kappa shape index (κ1) is 21.6. The summed E-state index contributed by atoms with van der Waals surface area (Å²) in [5, 5.41) is 2.97. The molecule has 164 valence electrons. The molecule has 1 unspecified atom stereocenters. The van der Waals surface area contributed by atoms with Crippen LogP contribution in [0, 0.1) is 5.92 Å². The van der Waals surface area contributed by atoms with Crippen LogP contribution < -0.4 is 10.1 Å². The van der Waals surface area contributed by atoms with E-state index in [0.29, 0.717) is 26.1 Å². The molecule has 0 aliphatic carbocycles. The number of nitrogens with zero attached hydrogens (tertiary/aromatic N) is 2. The van der Waals surface area contributed by atoms with E-state index in [1.165, 1.54) is 0 Å². The van der Waals surface area contributed by atoms with Crippen LogP contribution in [0.3, 0.4) is 0 Å². The minimum atomic E-state index is -0.332. The van der Waals surface area contributed by atoms with Crippen LogP contribution in [0.5, 0.6) is 5.75 Å². The molecule has 0 radical (unpaired) electrons. The largest absolute Gasteiger partial charge is 0.496 e. The molecule has 0 saturated carbocycles. The van der Waals surface area contributed by atoms with Crippen molar-refractivity contribution in [3.05, 3.63) is 84.2 Å². The van der Waals surface area contributed by atoms with E-state index in [1.807, 2.05) is 66.7 Å². The minimum absolute atomic E-state index is 0.0109. The zero-order valence-corrected chi connectivity index (χ0v) is 18.2. The molecule has 0 bridgehead atoms. The van der Waals surface area contributed by atoms with Gasteiger partial charge in [0.05, 0.1) is 19.4 Å². The molecule has 6 nitrogen and oxygen atoms in total. The lowest BCUT2D eigenvalue weighted by atomic mass is 9.91. The van der Waals surface area contributed by atoms with Crippen LogP contribution in [0.1, 0.15) is 11.3 Å². The van der Waals surface area contributed by atoms with Gasteiger partial charge in [0.15, 0.2) is 0 Å². The Hall–Kier alpha value is -3.67. The number of methoxy groups -OCH3 is 1. The van der Waals surface area contributed by atoms with Crippen molar-refractivity contribution in [3.8, 4) is 16.9 Å². The van der Waals surface area contributed by atoms with Crippen molar-refractivity contribution >= 4 is 11.8 Å². The molecule has 4 rings (SSSR count). The van der Waals surface area contributed by atoms with E-state index in [9.17, 15) is 9.59 Å². The third-order valence-electron chi connectivity index (χ3n) is 5.78. The van der Waals surface area contributed by atoms with E-state index < -0.39 is 0 Å². The Balaban J connectivity index is 1.55. The lowest BCUT2D eigenvalue weighted by Crippen LogP contribution is -2.38. The first-order valence-electron chi connectivity index (χ1n) is 10.8. The number of hydrogen-bond acceptors (Lipinski definition) is 4. The number of aromatic nitrogens is 1. The van der Waals surface area contributed by atoms with Gasteiger partial charge in [-0.25, -0.2) is 0 Å². The minimum Gasteiger partial charge on any atom is -0.496 e. The van der Waals surface area contributed by atoms with Gasteiger partial charge < -0.3 is 15.0 Å². The molecule has 1 aliphatic heterocycles. The van der Waals surface area contributed by atoms with Gasteiger partial charge in [0.25, 0.3) is 0 Å². The van der Waals surface area contributed by atoms with Crippen molar-refractivity contribution in [1.29, 1.82) is 0 Å². The van der Waals surface area contributed by atoms with Crippen molar-refractivity contribution in [1.82, 2.24) is 15.2 Å². The summed E-state index contributed by atoms with van der Waals surface area (Å²) in [7, 11) is 1.66. The van der Waals surface area contributed by atoms with Crippen molar-refractivity contribution in [3.63, 3.8) is 0 Å². The number of hydrogen-bond donors (Lipinski definition) is 1. The zero-order valence-electron chi connectivity index (χ0n) is 18.2. The summed E-state index contributed by atoms with van der Waals surface area (Å²) >= 11 is 0. The average Bonchev–Trinajstić information content (AvgIpc) is 3.01. The maximum absolute atomic E-state index is 12.9. The first-order chi connectivity index (χ1) is 15.7. The Labute approximate surface area is 188 Å². The number of para-hydroxylation sites is 1. The van der Waals surface area contributed by atoms with Crippen LogP contribution in [-0.4, -0.2) is 48.4 Å². The Morgan fingerprint density at radius 3 is 2.59 bits per heavy atom. The van der Waals surface area contributed by atoms with Crippen molar-refractivity contribution in [2.75, 3.05) is 26.7 Å². The molecule has 2 amide bonds. The molecule has 6 heteroatoms. The molecule has 1 atom stereocenters. The lowest BCUT2D eigenvalue weighted by molar-refractivity contribution is -0.131. The molecular formula is C26H27N3O3. The standard InChI is InChI=1S/C26H27N3O3/c1-32-24-12-5-4-11-23(24)22-10-3-2-8-19(22)16-20-18-29(15-14-28-26(20)31)25(30)17-21-9-6-7-13-27-21/h2-13,20H,14-18H2,1H3,(H,28,31). The Bertz CT molecular complexity index is 1080. The van der Waals surface area contributed by atoms with Crippen LogP contribution in [0.2, 0.25) is 0 Å². The smallest absolute Gasteiger partial charge is 0.228 e. The molecule has 1 N–H and O–H groups in total. The SMILES string of the molecule is COc1ccccc1-c1ccccc1CC1CN(C(=O)Cc2ccccn2)CCNC1=O. The number of pyridine rings is 1. The van der Waals surface area contributed by atoms with Crippen LogP contribution in [0.15, 0.2) is 72.9 Å². The number of rotatable bonds is 6. The van der Waals surface area contributed by atoms with E-state index in [1.54, 1.807) is 18.2 Å². The van der Waals surface area contributed by atoms with Crippen LogP contribution in [0.4, 0.5) is 0 Å². The molecule has 2 aromatic carbocycles. The molecule has 1 fully saturated rings. The molecule has 2 heterocycles. The molecule has 1 aromatic heterocycles. The Morgan fingerprint density at radius 2 is 1.81 bits per heavy atom. The van der Waals surface area contributed by atoms with Crippen molar-refractivity contribution in [2.45, 2.75) is 12.8 Å². The molecule has 3 aromatic rings. The van der Waals surface area contributed by atoms with E-state index in [4.69, 9.17) is 4.74 Å². The van der Waals surface area contributed by atoms with E-state index in [-0.39, 0.29) is 24.2 Å². The first-order valence-corrected chi connectivity index (χ1v) is 10.8. The van der Waals surface area contributed by atoms with Crippen LogP contribution >= 0.6 is 0 Å². The van der Waals surface area contributed by atoms with Gasteiger partial charge in [-0.15, -0.1) is 0 Å². The fraction of sp³-hybridized carbons (Fsp3) is 0.269. The van der Waals surface area contributed by atoms with Gasteiger partial charge in [-0.05, 0) is 35.7 Å². The number of carbonyl (C=O) groups excluding carboxylic acids is 2. The predicted molar refractivity (Wildman–Crippen MR) is 123 cm³/mol. The molecule has 1 saturated heterocycles. The highest BCUT2D eigenvalue weighted by atomic mass is 16.5. The summed E-state index contributed by atoms with van der Waals surface area (Å²) in [5.74, 6) is 0.426. The second-order valence-corrected chi connectivity index (χ2v) is 7.89. The van der Waals surface area contributed by atoms with Gasteiger partial charge in [0, 0.05) is 37.1 Å². The monoisotopic (exact) mass is 429 g/mol. The molecular weight excluding hydrogens is 402 g/mol. The van der Waals surface area contributed by atoms with Crippen LogP contribution in [-0.2, 0) is 22.4 Å². The topological polar surface area (TPSA) is 71.5 Å². The van der Waals surface area contributed by atoms with Crippen molar-refractivity contribution < 1.29 is 14.3 Å². The van der Waals surface area contributed by atoms with Crippen molar-refractivity contribution in [2.24, 2.45) is 5.92 Å². The second kappa shape index (κ2) is 10.1. The fourth-order valence-corrected chi connectivity index (χ4v) is 4.15. The maximum Gasteiger partial charge on any atom is 0.228 e. The lowest BCUT2D eigenvalue weighted by Gasteiger charge is -2.24. The summed E-state index contributed by atoms with van der Waals surface area (Å²) in [6, 6.07) is 21.5. The predicted octanol–water partition coefficient (Wildman–Crippen LogP) is 3.12. The van der Waals surface area contributed by atoms with E-state index >= 15 is 0 Å². The quantitative estimate of drug-likeness (QED) is 0.654. The van der Waals surface area contributed by atoms with Gasteiger partial charge in [-0.2, -0.15) is 0 Å². The number of carbonyl (C=O) groups is 2. The van der Waals surface area contributed by atoms with E-state index in [2.05, 4.69) is 10.3 Å². The number of nitrogens with one attached hydrogen (secondary N) is 1. The molecule has 32 heavy (non-hydrogen) atoms. The maximum atomic E-state index is 12.9. The average molecular weight is 430 g/mol. The van der Waals surface area contributed by atoms with Crippen LogP contribution in [0.25, 0.3) is 11.1 Å². The fourth-order valence-electron chi connectivity index (χ4n) is 4.15. The highest BCUT2D eigenvalue weighted by molar-refractivity contribution is 5.83. The van der Waals surface area contributed by atoms with Gasteiger partial charge in [0.2, 0.25) is 11.8 Å². The van der Waals surface area contributed by atoms with E-state index in [0.717, 1.165) is 28.1 Å². The number of amides is 2. The zero-order chi connectivity index (χ0) is 22.3. The highest BCUT2D eigenvalue weighted by Crippen LogP contribution is 2.33. The third-order valence-corrected chi connectivity index (χ3v) is 5.78. The summed E-state index contributed by atoms with van der Waals surface area (Å²) < 4.78 is 5.55. The van der Waals surface area contributed by atoms with Gasteiger partial charge in [-0.1, -0.05) is 48.5 Å². The number of benzene rings is 2. The second-order valence-electron chi connectivity index (χ2n) is 7.89. The van der Waals surface area contributed by atoms with Gasteiger partial charge in [-0.3, -0.25) is 14.6 Å². The summed E-state index contributed by atoms with van der Waals surface area (Å²) in [5.41, 5.74) is 3.81. The highest BCUT2D eigenvalue weighted by Gasteiger charge is 2.28. The summed E-state index contributed by atoms with van der Waals surface area (Å²) in [4.78, 5) is 31.8. The third kappa shape index (κ3) is 4.97. The molecule has 0 spiro atoms. The van der Waals surface area contributed by atoms with Gasteiger partial charge in [0.1, 0.15) is 5.75 Å². The summed E-state index contributed by atoms with van der Waals surface area (Å²) in [6.07, 6.45) is 2.46.